The van der Waals surface area contributed by atoms with Gasteiger partial charge in [-0.05, 0) is 48.9 Å². The lowest BCUT2D eigenvalue weighted by atomic mass is 10.2. The molecule has 0 aliphatic carbocycles. The molecule has 18 heavy (non-hydrogen) atoms. The van der Waals surface area contributed by atoms with Crippen molar-refractivity contribution in [2.45, 2.75) is 6.92 Å². The molecule has 0 spiro atoms. The number of aromatic hydroxyl groups is 1. The van der Waals surface area contributed by atoms with Gasteiger partial charge in [-0.25, -0.2) is 0 Å². The van der Waals surface area contributed by atoms with Crippen LogP contribution in [0.4, 0.5) is 5.69 Å². The van der Waals surface area contributed by atoms with Crippen LogP contribution < -0.4 is 4.74 Å². The van der Waals surface area contributed by atoms with E-state index in [0.717, 1.165) is 17.0 Å². The van der Waals surface area contributed by atoms with E-state index in [-0.39, 0.29) is 5.75 Å². The van der Waals surface area contributed by atoms with Crippen LogP contribution in [0.2, 0.25) is 0 Å². The second-order valence-electron chi connectivity index (χ2n) is 3.78. The van der Waals surface area contributed by atoms with Gasteiger partial charge in [-0.3, -0.25) is 4.99 Å². The topological polar surface area (TPSA) is 41.8 Å². The number of benzene rings is 2. The van der Waals surface area contributed by atoms with E-state index in [4.69, 9.17) is 4.74 Å². The van der Waals surface area contributed by atoms with Gasteiger partial charge < -0.3 is 9.84 Å². The van der Waals surface area contributed by atoms with Crippen molar-refractivity contribution in [3.8, 4) is 11.5 Å². The molecule has 0 amide bonds. The van der Waals surface area contributed by atoms with Gasteiger partial charge in [-0.15, -0.1) is 0 Å². The molecule has 2 rings (SSSR count). The summed E-state index contributed by atoms with van der Waals surface area (Å²) in [6.45, 7) is 2.62. The van der Waals surface area contributed by atoms with Crippen molar-refractivity contribution < 1.29 is 9.84 Å². The Morgan fingerprint density at radius 3 is 2.61 bits per heavy atom. The van der Waals surface area contributed by atoms with Gasteiger partial charge in [0, 0.05) is 12.3 Å². The van der Waals surface area contributed by atoms with E-state index in [9.17, 15) is 5.11 Å². The Morgan fingerprint density at radius 2 is 1.94 bits per heavy atom. The fourth-order valence-electron chi connectivity index (χ4n) is 1.54. The van der Waals surface area contributed by atoms with Crippen LogP contribution >= 0.6 is 0 Å². The summed E-state index contributed by atoms with van der Waals surface area (Å²) in [7, 11) is 0. The summed E-state index contributed by atoms with van der Waals surface area (Å²) in [6.07, 6.45) is 1.75. The highest BCUT2D eigenvalue weighted by Crippen LogP contribution is 2.18. The minimum atomic E-state index is 0.219. The average molecular weight is 241 g/mol. The zero-order chi connectivity index (χ0) is 12.8. The van der Waals surface area contributed by atoms with Gasteiger partial charge >= 0.3 is 0 Å². The molecule has 0 radical (unpaired) electrons. The van der Waals surface area contributed by atoms with Gasteiger partial charge in [-0.1, -0.05) is 6.07 Å². The van der Waals surface area contributed by atoms with Crippen LogP contribution in [0.15, 0.2) is 53.5 Å². The molecule has 0 bridgehead atoms. The van der Waals surface area contributed by atoms with Gasteiger partial charge in [0.05, 0.1) is 12.3 Å². The lowest BCUT2D eigenvalue weighted by Crippen LogP contribution is -1.91. The number of hydrogen-bond acceptors (Lipinski definition) is 3. The van der Waals surface area contributed by atoms with E-state index >= 15 is 0 Å². The fourth-order valence-corrected chi connectivity index (χ4v) is 1.54. The largest absolute Gasteiger partial charge is 0.508 e. The van der Waals surface area contributed by atoms with Crippen LogP contribution in [0, 0.1) is 0 Å². The Morgan fingerprint density at radius 1 is 1.17 bits per heavy atom. The van der Waals surface area contributed by atoms with Crippen LogP contribution in [-0.2, 0) is 0 Å². The van der Waals surface area contributed by atoms with Crippen LogP contribution in [0.25, 0.3) is 0 Å². The van der Waals surface area contributed by atoms with E-state index in [0.29, 0.717) is 6.61 Å². The average Bonchev–Trinajstić information content (AvgIpc) is 2.38. The Bertz CT molecular complexity index is 532. The molecule has 92 valence electrons. The third-order valence-electron chi connectivity index (χ3n) is 2.38. The quantitative estimate of drug-likeness (QED) is 0.832. The van der Waals surface area contributed by atoms with Crippen molar-refractivity contribution in [3.05, 3.63) is 54.1 Å². The van der Waals surface area contributed by atoms with Crippen molar-refractivity contribution in [2.24, 2.45) is 4.99 Å². The van der Waals surface area contributed by atoms with Crippen molar-refractivity contribution in [2.75, 3.05) is 6.61 Å². The molecule has 0 saturated heterocycles. The number of ether oxygens (including phenoxy) is 1. The van der Waals surface area contributed by atoms with Gasteiger partial charge in [-0.2, -0.15) is 0 Å². The van der Waals surface area contributed by atoms with Crippen molar-refractivity contribution >= 4 is 11.9 Å². The highest BCUT2D eigenvalue weighted by Gasteiger charge is 1.93. The Labute approximate surface area is 106 Å². The minimum absolute atomic E-state index is 0.219. The molecular formula is C15H15NO2. The third-order valence-corrected chi connectivity index (χ3v) is 2.38. The summed E-state index contributed by atoms with van der Waals surface area (Å²) in [5, 5.41) is 9.32. The molecular weight excluding hydrogens is 226 g/mol. The zero-order valence-corrected chi connectivity index (χ0v) is 10.2. The van der Waals surface area contributed by atoms with Crippen LogP contribution in [0.5, 0.6) is 11.5 Å². The smallest absolute Gasteiger partial charge is 0.119 e. The maximum Gasteiger partial charge on any atom is 0.119 e. The highest BCUT2D eigenvalue weighted by atomic mass is 16.5. The second kappa shape index (κ2) is 5.87. The van der Waals surface area contributed by atoms with E-state index in [1.54, 1.807) is 24.4 Å². The Balaban J connectivity index is 2.09. The third kappa shape index (κ3) is 3.35. The molecule has 0 fully saturated rings. The van der Waals surface area contributed by atoms with Crippen LogP contribution in [0.1, 0.15) is 12.5 Å². The molecule has 0 atom stereocenters. The van der Waals surface area contributed by atoms with Crippen molar-refractivity contribution in [1.82, 2.24) is 0 Å². The summed E-state index contributed by atoms with van der Waals surface area (Å²) in [6, 6.07) is 14.5. The number of nitrogens with zero attached hydrogens (tertiary/aromatic N) is 1. The second-order valence-corrected chi connectivity index (χ2v) is 3.78. The molecule has 0 aliphatic rings. The molecule has 3 heteroatoms. The predicted octanol–water partition coefficient (Wildman–Crippen LogP) is 3.54. The van der Waals surface area contributed by atoms with Crippen LogP contribution in [0.3, 0.4) is 0 Å². The number of aliphatic imine (C=N–C) groups is 1. The number of rotatable bonds is 4. The number of phenols is 1. The highest BCUT2D eigenvalue weighted by molar-refractivity contribution is 5.82. The maximum atomic E-state index is 9.32. The monoisotopic (exact) mass is 241 g/mol. The first-order valence-corrected chi connectivity index (χ1v) is 5.84. The molecule has 0 saturated carbocycles. The van der Waals surface area contributed by atoms with Crippen molar-refractivity contribution in [3.63, 3.8) is 0 Å². The number of hydrogen-bond donors (Lipinski definition) is 1. The standard InChI is InChI=1S/C15H15NO2/c1-2-18-15-8-6-12(7-9-15)11-16-13-4-3-5-14(17)10-13/h3-11,17H,2H2,1H3. The van der Waals surface area contributed by atoms with E-state index in [2.05, 4.69) is 4.99 Å². The lowest BCUT2D eigenvalue weighted by molar-refractivity contribution is 0.340. The zero-order valence-electron chi connectivity index (χ0n) is 10.2. The van der Waals surface area contributed by atoms with E-state index in [1.807, 2.05) is 37.3 Å². The lowest BCUT2D eigenvalue weighted by Gasteiger charge is -2.02. The molecule has 1 N–H and O–H groups in total. The summed E-state index contributed by atoms with van der Waals surface area (Å²) in [4.78, 5) is 4.29. The molecule has 2 aromatic rings. The van der Waals surface area contributed by atoms with Gasteiger partial charge in [0.25, 0.3) is 0 Å². The summed E-state index contributed by atoms with van der Waals surface area (Å²) >= 11 is 0. The first-order chi connectivity index (χ1) is 8.78. The Hall–Kier alpha value is -2.29. The van der Waals surface area contributed by atoms with Crippen LogP contribution in [-0.4, -0.2) is 17.9 Å². The first-order valence-electron chi connectivity index (χ1n) is 5.84. The van der Waals surface area contributed by atoms with Gasteiger partial charge in [0.2, 0.25) is 0 Å². The molecule has 0 aromatic heterocycles. The van der Waals surface area contributed by atoms with Crippen molar-refractivity contribution in [1.29, 1.82) is 0 Å². The molecule has 3 nitrogen and oxygen atoms in total. The summed E-state index contributed by atoms with van der Waals surface area (Å²) in [5.41, 5.74) is 1.71. The molecule has 0 unspecified atom stereocenters. The molecule has 2 aromatic carbocycles. The molecule has 0 heterocycles. The normalized spacial score (nSPS) is 10.7. The SMILES string of the molecule is CCOc1ccc(C=Nc2cccc(O)c2)cc1. The predicted molar refractivity (Wildman–Crippen MR) is 73.0 cm³/mol. The van der Waals surface area contributed by atoms with E-state index in [1.165, 1.54) is 0 Å². The van der Waals surface area contributed by atoms with E-state index < -0.39 is 0 Å². The first kappa shape index (κ1) is 12.2. The molecule has 0 aliphatic heterocycles. The minimum Gasteiger partial charge on any atom is -0.508 e. The van der Waals surface area contributed by atoms with Gasteiger partial charge in [0.15, 0.2) is 0 Å². The summed E-state index contributed by atoms with van der Waals surface area (Å²) in [5.74, 6) is 1.07. The van der Waals surface area contributed by atoms with Gasteiger partial charge in [0.1, 0.15) is 11.5 Å². The Kier molecular flexibility index (Phi) is 3.97. The number of phenolic OH excluding ortho intramolecular Hbond substituents is 1. The summed E-state index contributed by atoms with van der Waals surface area (Å²) < 4.78 is 5.36. The maximum absolute atomic E-state index is 9.32. The fraction of sp³-hybridized carbons (Fsp3) is 0.133.